The zero-order chi connectivity index (χ0) is 13.1. The van der Waals surface area contributed by atoms with Crippen LogP contribution in [0.2, 0.25) is 0 Å². The molecule has 0 heterocycles. The van der Waals surface area contributed by atoms with Crippen molar-refractivity contribution in [2.45, 2.75) is 52.1 Å². The molecule has 2 rings (SSSR count). The zero-order valence-electron chi connectivity index (χ0n) is 11.7. The van der Waals surface area contributed by atoms with Crippen LogP contribution in [-0.4, -0.2) is 17.8 Å². The number of aryl methyl sites for hydroxylation is 2. The van der Waals surface area contributed by atoms with Gasteiger partial charge in [0.25, 0.3) is 0 Å². The molecular weight excluding hydrogens is 222 g/mol. The Morgan fingerprint density at radius 1 is 1.28 bits per heavy atom. The standard InChI is InChI=1S/C16H25NO/c1-11-4-5-15(10-12(11)2)13(3)17-16(8-9-18)14-6-7-14/h4-5,10,13-14,16-18H,6-9H2,1-3H3. The van der Waals surface area contributed by atoms with Crippen molar-refractivity contribution < 1.29 is 5.11 Å². The number of hydrogen-bond acceptors (Lipinski definition) is 2. The number of nitrogens with one attached hydrogen (secondary N) is 1. The van der Waals surface area contributed by atoms with Crippen LogP contribution in [0.25, 0.3) is 0 Å². The Morgan fingerprint density at radius 2 is 2.00 bits per heavy atom. The lowest BCUT2D eigenvalue weighted by atomic mass is 10.00. The highest BCUT2D eigenvalue weighted by Crippen LogP contribution is 2.35. The van der Waals surface area contributed by atoms with Gasteiger partial charge in [0.1, 0.15) is 0 Å². The normalized spacial score (nSPS) is 18.7. The van der Waals surface area contributed by atoms with E-state index in [1.165, 1.54) is 29.5 Å². The van der Waals surface area contributed by atoms with Gasteiger partial charge < -0.3 is 10.4 Å². The van der Waals surface area contributed by atoms with E-state index in [-0.39, 0.29) is 6.61 Å². The zero-order valence-corrected chi connectivity index (χ0v) is 11.7. The molecule has 1 aliphatic carbocycles. The first-order valence-electron chi connectivity index (χ1n) is 7.06. The summed E-state index contributed by atoms with van der Waals surface area (Å²) in [6, 6.07) is 7.52. The van der Waals surface area contributed by atoms with Gasteiger partial charge in [0, 0.05) is 18.7 Å². The number of rotatable bonds is 6. The van der Waals surface area contributed by atoms with Crippen molar-refractivity contribution in [3.05, 3.63) is 34.9 Å². The smallest absolute Gasteiger partial charge is 0.0445 e. The van der Waals surface area contributed by atoms with E-state index in [1.807, 2.05) is 0 Å². The topological polar surface area (TPSA) is 32.3 Å². The molecule has 18 heavy (non-hydrogen) atoms. The van der Waals surface area contributed by atoms with Gasteiger partial charge in [-0.2, -0.15) is 0 Å². The summed E-state index contributed by atoms with van der Waals surface area (Å²) in [6.45, 7) is 6.82. The van der Waals surface area contributed by atoms with Gasteiger partial charge in [-0.15, -0.1) is 0 Å². The third-order valence-corrected chi connectivity index (χ3v) is 4.13. The Labute approximate surface area is 110 Å². The highest BCUT2D eigenvalue weighted by Gasteiger charge is 2.31. The summed E-state index contributed by atoms with van der Waals surface area (Å²) in [5, 5.41) is 12.8. The van der Waals surface area contributed by atoms with E-state index in [0.29, 0.717) is 12.1 Å². The van der Waals surface area contributed by atoms with Crippen molar-refractivity contribution in [2.75, 3.05) is 6.61 Å². The summed E-state index contributed by atoms with van der Waals surface area (Å²) < 4.78 is 0. The first-order valence-corrected chi connectivity index (χ1v) is 7.06. The number of benzene rings is 1. The molecule has 0 radical (unpaired) electrons. The van der Waals surface area contributed by atoms with Crippen molar-refractivity contribution in [2.24, 2.45) is 5.92 Å². The molecule has 2 heteroatoms. The van der Waals surface area contributed by atoms with E-state index < -0.39 is 0 Å². The third-order valence-electron chi connectivity index (χ3n) is 4.13. The van der Waals surface area contributed by atoms with Gasteiger partial charge in [-0.05, 0) is 62.6 Å². The summed E-state index contributed by atoms with van der Waals surface area (Å²) >= 11 is 0. The number of hydrogen-bond donors (Lipinski definition) is 2. The molecular formula is C16H25NO. The van der Waals surface area contributed by atoms with E-state index in [4.69, 9.17) is 5.11 Å². The quantitative estimate of drug-likeness (QED) is 0.809. The van der Waals surface area contributed by atoms with Crippen LogP contribution >= 0.6 is 0 Å². The van der Waals surface area contributed by atoms with Gasteiger partial charge in [-0.3, -0.25) is 0 Å². The fraction of sp³-hybridized carbons (Fsp3) is 0.625. The molecule has 0 amide bonds. The molecule has 2 nitrogen and oxygen atoms in total. The predicted molar refractivity (Wildman–Crippen MR) is 75.7 cm³/mol. The van der Waals surface area contributed by atoms with Gasteiger partial charge in [0.05, 0.1) is 0 Å². The molecule has 0 saturated heterocycles. The summed E-state index contributed by atoms with van der Waals surface area (Å²) in [5.74, 6) is 0.783. The van der Waals surface area contributed by atoms with Crippen LogP contribution in [0.5, 0.6) is 0 Å². The lowest BCUT2D eigenvalue weighted by Gasteiger charge is -2.23. The molecule has 0 bridgehead atoms. The minimum atomic E-state index is 0.286. The molecule has 2 unspecified atom stereocenters. The largest absolute Gasteiger partial charge is 0.396 e. The van der Waals surface area contributed by atoms with Crippen molar-refractivity contribution in [1.29, 1.82) is 0 Å². The van der Waals surface area contributed by atoms with Crippen LogP contribution in [0.1, 0.15) is 48.9 Å². The van der Waals surface area contributed by atoms with Gasteiger partial charge in [0.15, 0.2) is 0 Å². The van der Waals surface area contributed by atoms with Crippen molar-refractivity contribution in [1.82, 2.24) is 5.32 Å². The summed E-state index contributed by atoms with van der Waals surface area (Å²) in [4.78, 5) is 0. The van der Waals surface area contributed by atoms with Gasteiger partial charge in [-0.1, -0.05) is 18.2 Å². The SMILES string of the molecule is Cc1ccc(C(C)NC(CCO)C2CC2)cc1C. The average Bonchev–Trinajstić information content (AvgIpc) is 3.16. The molecule has 0 spiro atoms. The Balaban J connectivity index is 2.00. The molecule has 1 aromatic rings. The van der Waals surface area contributed by atoms with Gasteiger partial charge in [0.2, 0.25) is 0 Å². The highest BCUT2D eigenvalue weighted by atomic mass is 16.3. The minimum absolute atomic E-state index is 0.286. The van der Waals surface area contributed by atoms with Gasteiger partial charge >= 0.3 is 0 Å². The lowest BCUT2D eigenvalue weighted by Crippen LogP contribution is -2.34. The van der Waals surface area contributed by atoms with E-state index in [0.717, 1.165) is 12.3 Å². The second-order valence-corrected chi connectivity index (χ2v) is 5.69. The van der Waals surface area contributed by atoms with E-state index >= 15 is 0 Å². The Hall–Kier alpha value is -0.860. The van der Waals surface area contributed by atoms with E-state index in [9.17, 15) is 0 Å². The first-order chi connectivity index (χ1) is 8.61. The molecule has 0 aliphatic heterocycles. The van der Waals surface area contributed by atoms with E-state index in [2.05, 4.69) is 44.3 Å². The maximum atomic E-state index is 9.14. The molecule has 1 saturated carbocycles. The maximum Gasteiger partial charge on any atom is 0.0445 e. The van der Waals surface area contributed by atoms with Crippen LogP contribution in [0.4, 0.5) is 0 Å². The number of aliphatic hydroxyl groups is 1. The van der Waals surface area contributed by atoms with Gasteiger partial charge in [-0.25, -0.2) is 0 Å². The Morgan fingerprint density at radius 3 is 2.56 bits per heavy atom. The highest BCUT2D eigenvalue weighted by molar-refractivity contribution is 5.31. The monoisotopic (exact) mass is 247 g/mol. The first kappa shape index (κ1) is 13.6. The summed E-state index contributed by atoms with van der Waals surface area (Å²) in [7, 11) is 0. The van der Waals surface area contributed by atoms with Crippen LogP contribution in [0.15, 0.2) is 18.2 Å². The third kappa shape index (κ3) is 3.33. The fourth-order valence-electron chi connectivity index (χ4n) is 2.54. The van der Waals surface area contributed by atoms with Crippen molar-refractivity contribution >= 4 is 0 Å². The molecule has 1 aromatic carbocycles. The van der Waals surface area contributed by atoms with Crippen LogP contribution in [-0.2, 0) is 0 Å². The molecule has 100 valence electrons. The second-order valence-electron chi connectivity index (χ2n) is 5.69. The molecule has 2 atom stereocenters. The van der Waals surface area contributed by atoms with Crippen LogP contribution in [0.3, 0.4) is 0 Å². The Kier molecular flexibility index (Phi) is 4.41. The summed E-state index contributed by atoms with van der Waals surface area (Å²) in [5.41, 5.74) is 4.05. The van der Waals surface area contributed by atoms with Crippen LogP contribution in [0, 0.1) is 19.8 Å². The van der Waals surface area contributed by atoms with Crippen molar-refractivity contribution in [3.8, 4) is 0 Å². The Bertz CT molecular complexity index is 398. The average molecular weight is 247 g/mol. The minimum Gasteiger partial charge on any atom is -0.396 e. The molecule has 1 aliphatic rings. The second kappa shape index (κ2) is 5.85. The molecule has 1 fully saturated rings. The number of aliphatic hydroxyl groups excluding tert-OH is 1. The fourth-order valence-corrected chi connectivity index (χ4v) is 2.54. The maximum absolute atomic E-state index is 9.14. The predicted octanol–water partition coefficient (Wildman–Crippen LogP) is 3.12. The lowest BCUT2D eigenvalue weighted by molar-refractivity contribution is 0.250. The molecule has 0 aromatic heterocycles. The van der Waals surface area contributed by atoms with Crippen molar-refractivity contribution in [3.63, 3.8) is 0 Å². The van der Waals surface area contributed by atoms with Crippen LogP contribution < -0.4 is 5.32 Å². The molecule has 2 N–H and O–H groups in total. The summed E-state index contributed by atoms with van der Waals surface area (Å²) in [6.07, 6.45) is 3.51. The van der Waals surface area contributed by atoms with E-state index in [1.54, 1.807) is 0 Å².